The maximum absolute atomic E-state index is 13.1. The van der Waals surface area contributed by atoms with E-state index in [0.717, 1.165) is 17.7 Å². The minimum Gasteiger partial charge on any atom is -0.298 e. The second-order valence-corrected chi connectivity index (χ2v) is 4.35. The van der Waals surface area contributed by atoms with E-state index in [0.29, 0.717) is 17.4 Å². The highest BCUT2D eigenvalue weighted by atomic mass is 19.4. The first-order valence-corrected chi connectivity index (χ1v) is 5.80. The number of hydrogen-bond donors (Lipinski definition) is 0. The maximum atomic E-state index is 13.1. The summed E-state index contributed by atoms with van der Waals surface area (Å²) in [5.74, 6) is -1.28. The predicted octanol–water partition coefficient (Wildman–Crippen LogP) is 4.25. The van der Waals surface area contributed by atoms with Crippen molar-refractivity contribution in [1.82, 2.24) is 0 Å². The fourth-order valence-corrected chi connectivity index (χ4v) is 1.85. The van der Waals surface area contributed by atoms with Crippen LogP contribution in [-0.2, 0) is 12.6 Å². The molecule has 0 saturated carbocycles. The molecular weight excluding hydrogens is 272 g/mol. The Bertz CT molecular complexity index is 615. The number of carbonyl (C=O) groups excluding carboxylic acids is 1. The van der Waals surface area contributed by atoms with Gasteiger partial charge in [0.05, 0.1) is 5.56 Å². The standard InChI is InChI=1S/C15H10F4O/c16-14-6-5-12(8-13(14)15(17,18)19)7-10-1-3-11(9-20)4-2-10/h1-6,8-9H,7H2. The van der Waals surface area contributed by atoms with E-state index in [1.807, 2.05) is 0 Å². The molecule has 0 fully saturated rings. The van der Waals surface area contributed by atoms with Crippen molar-refractivity contribution in [2.45, 2.75) is 12.6 Å². The van der Waals surface area contributed by atoms with Crippen molar-refractivity contribution in [3.05, 3.63) is 70.5 Å². The molecule has 0 aliphatic rings. The number of aldehydes is 1. The lowest BCUT2D eigenvalue weighted by molar-refractivity contribution is -0.140. The van der Waals surface area contributed by atoms with E-state index in [4.69, 9.17) is 0 Å². The van der Waals surface area contributed by atoms with E-state index in [1.165, 1.54) is 6.07 Å². The van der Waals surface area contributed by atoms with Gasteiger partial charge in [-0.1, -0.05) is 30.3 Å². The largest absolute Gasteiger partial charge is 0.419 e. The molecule has 0 N–H and O–H groups in total. The summed E-state index contributed by atoms with van der Waals surface area (Å²) in [5, 5.41) is 0. The first-order valence-electron chi connectivity index (χ1n) is 5.80. The summed E-state index contributed by atoms with van der Waals surface area (Å²) in [5.41, 5.74) is 0.330. The van der Waals surface area contributed by atoms with E-state index >= 15 is 0 Å². The molecule has 0 heterocycles. The van der Waals surface area contributed by atoms with Gasteiger partial charge in [-0.05, 0) is 29.7 Å². The average Bonchev–Trinajstić information content (AvgIpc) is 2.40. The van der Waals surface area contributed by atoms with Crippen LogP contribution in [0.5, 0.6) is 0 Å². The molecule has 0 aromatic heterocycles. The Morgan fingerprint density at radius 2 is 1.55 bits per heavy atom. The maximum Gasteiger partial charge on any atom is 0.419 e. The Hall–Kier alpha value is -2.17. The molecule has 0 radical (unpaired) electrons. The van der Waals surface area contributed by atoms with Crippen LogP contribution in [0, 0.1) is 5.82 Å². The molecule has 1 nitrogen and oxygen atoms in total. The van der Waals surface area contributed by atoms with Crippen LogP contribution in [0.3, 0.4) is 0 Å². The van der Waals surface area contributed by atoms with E-state index < -0.39 is 17.6 Å². The molecule has 0 atom stereocenters. The number of hydrogen-bond acceptors (Lipinski definition) is 1. The van der Waals surface area contributed by atoms with E-state index in [-0.39, 0.29) is 6.42 Å². The second kappa shape index (κ2) is 5.45. The van der Waals surface area contributed by atoms with Crippen LogP contribution >= 0.6 is 0 Å². The third kappa shape index (κ3) is 3.23. The fraction of sp³-hybridized carbons (Fsp3) is 0.133. The SMILES string of the molecule is O=Cc1ccc(Cc2ccc(F)c(C(F)(F)F)c2)cc1. The highest BCUT2D eigenvalue weighted by Gasteiger charge is 2.34. The first kappa shape index (κ1) is 14.2. The van der Waals surface area contributed by atoms with Crippen molar-refractivity contribution < 1.29 is 22.4 Å². The summed E-state index contributed by atoms with van der Waals surface area (Å²) in [4.78, 5) is 10.5. The number of rotatable bonds is 3. The van der Waals surface area contributed by atoms with Crippen LogP contribution in [0.25, 0.3) is 0 Å². The lowest BCUT2D eigenvalue weighted by atomic mass is 10.0. The first-order chi connectivity index (χ1) is 9.40. The molecular formula is C15H10F4O. The van der Waals surface area contributed by atoms with E-state index in [9.17, 15) is 22.4 Å². The van der Waals surface area contributed by atoms with Crippen LogP contribution in [-0.4, -0.2) is 6.29 Å². The molecule has 0 spiro atoms. The van der Waals surface area contributed by atoms with Crippen LogP contribution in [0.1, 0.15) is 27.0 Å². The highest BCUT2D eigenvalue weighted by Crippen LogP contribution is 2.32. The van der Waals surface area contributed by atoms with Crippen molar-refractivity contribution in [2.75, 3.05) is 0 Å². The molecule has 0 unspecified atom stereocenters. The fourth-order valence-electron chi connectivity index (χ4n) is 1.85. The molecule has 5 heteroatoms. The third-order valence-electron chi connectivity index (χ3n) is 2.86. The Kier molecular flexibility index (Phi) is 3.88. The molecule has 0 aliphatic carbocycles. The molecule has 0 saturated heterocycles. The summed E-state index contributed by atoms with van der Waals surface area (Å²) in [7, 11) is 0. The van der Waals surface area contributed by atoms with Crippen LogP contribution in [0.4, 0.5) is 17.6 Å². The number of benzene rings is 2. The smallest absolute Gasteiger partial charge is 0.298 e. The summed E-state index contributed by atoms with van der Waals surface area (Å²) in [6.07, 6.45) is -3.78. The molecule has 104 valence electrons. The minimum absolute atomic E-state index is 0.239. The van der Waals surface area contributed by atoms with Crippen molar-refractivity contribution in [3.63, 3.8) is 0 Å². The zero-order chi connectivity index (χ0) is 14.8. The van der Waals surface area contributed by atoms with Gasteiger partial charge in [0.1, 0.15) is 12.1 Å². The molecule has 2 rings (SSSR count). The molecule has 0 aliphatic heterocycles. The lowest BCUT2D eigenvalue weighted by Crippen LogP contribution is -2.08. The van der Waals surface area contributed by atoms with Gasteiger partial charge in [0.25, 0.3) is 0 Å². The van der Waals surface area contributed by atoms with Gasteiger partial charge in [-0.25, -0.2) is 4.39 Å². The normalized spacial score (nSPS) is 11.4. The van der Waals surface area contributed by atoms with Gasteiger partial charge < -0.3 is 0 Å². The summed E-state index contributed by atoms with van der Waals surface area (Å²) in [6.45, 7) is 0. The van der Waals surface area contributed by atoms with Crippen molar-refractivity contribution in [1.29, 1.82) is 0 Å². The number of halogens is 4. The zero-order valence-corrected chi connectivity index (χ0v) is 10.2. The van der Waals surface area contributed by atoms with Crippen LogP contribution < -0.4 is 0 Å². The third-order valence-corrected chi connectivity index (χ3v) is 2.86. The van der Waals surface area contributed by atoms with E-state index in [1.54, 1.807) is 24.3 Å². The predicted molar refractivity (Wildman–Crippen MR) is 66.0 cm³/mol. The van der Waals surface area contributed by atoms with Crippen LogP contribution in [0.15, 0.2) is 42.5 Å². The minimum atomic E-state index is -4.71. The summed E-state index contributed by atoms with van der Waals surface area (Å²) in [6, 6.07) is 9.41. The van der Waals surface area contributed by atoms with Crippen molar-refractivity contribution in [3.8, 4) is 0 Å². The van der Waals surface area contributed by atoms with E-state index in [2.05, 4.69) is 0 Å². The van der Waals surface area contributed by atoms with Gasteiger partial charge in [0, 0.05) is 5.56 Å². The quantitative estimate of drug-likeness (QED) is 0.607. The lowest BCUT2D eigenvalue weighted by Gasteiger charge is -2.10. The molecule has 2 aromatic rings. The van der Waals surface area contributed by atoms with Gasteiger partial charge in [-0.2, -0.15) is 13.2 Å². The average molecular weight is 282 g/mol. The summed E-state index contributed by atoms with van der Waals surface area (Å²) < 4.78 is 50.9. The zero-order valence-electron chi connectivity index (χ0n) is 10.2. The highest BCUT2D eigenvalue weighted by molar-refractivity contribution is 5.74. The van der Waals surface area contributed by atoms with Crippen molar-refractivity contribution >= 4 is 6.29 Å². The number of alkyl halides is 3. The Morgan fingerprint density at radius 3 is 2.10 bits per heavy atom. The van der Waals surface area contributed by atoms with Gasteiger partial charge in [0.15, 0.2) is 0 Å². The van der Waals surface area contributed by atoms with Crippen molar-refractivity contribution in [2.24, 2.45) is 0 Å². The molecule has 20 heavy (non-hydrogen) atoms. The van der Waals surface area contributed by atoms with Crippen LogP contribution in [0.2, 0.25) is 0 Å². The Morgan fingerprint density at radius 1 is 0.950 bits per heavy atom. The van der Waals surface area contributed by atoms with Gasteiger partial charge in [-0.3, -0.25) is 4.79 Å². The molecule has 2 aromatic carbocycles. The Labute approximate surface area is 112 Å². The summed E-state index contributed by atoms with van der Waals surface area (Å²) >= 11 is 0. The van der Waals surface area contributed by atoms with Gasteiger partial charge in [0.2, 0.25) is 0 Å². The van der Waals surface area contributed by atoms with Gasteiger partial charge >= 0.3 is 6.18 Å². The Balaban J connectivity index is 2.27. The van der Waals surface area contributed by atoms with Gasteiger partial charge in [-0.15, -0.1) is 0 Å². The molecule has 0 bridgehead atoms. The second-order valence-electron chi connectivity index (χ2n) is 4.35. The monoisotopic (exact) mass is 282 g/mol. The number of carbonyl (C=O) groups is 1. The topological polar surface area (TPSA) is 17.1 Å². The molecule has 0 amide bonds.